The Bertz CT molecular complexity index is 2180. The van der Waals surface area contributed by atoms with Gasteiger partial charge in [0.15, 0.2) is 6.10 Å². The van der Waals surface area contributed by atoms with Crippen molar-refractivity contribution in [2.75, 3.05) is 13.2 Å². The molecule has 0 aliphatic heterocycles. The number of rotatable bonds is 24. The van der Waals surface area contributed by atoms with Gasteiger partial charge in [0, 0.05) is 75.8 Å². The van der Waals surface area contributed by atoms with E-state index < -0.39 is 172 Å². The molecule has 0 saturated heterocycles. The van der Waals surface area contributed by atoms with Crippen molar-refractivity contribution in [1.82, 2.24) is 0 Å². The molecular formula is C27H52O5. The highest BCUT2D eigenvalue weighted by Crippen LogP contribution is 2.12. The first-order chi connectivity index (χ1) is 33.0. The molecule has 0 fully saturated rings. The number of aliphatic hydroxyl groups excluding tert-OH is 1. The van der Waals surface area contributed by atoms with Crippen LogP contribution in [-0.2, 0) is 19.1 Å². The van der Waals surface area contributed by atoms with Gasteiger partial charge in [0.2, 0.25) is 0 Å². The molecule has 1 atom stereocenters. The van der Waals surface area contributed by atoms with Crippen LogP contribution in [0.5, 0.6) is 0 Å². The second-order valence-corrected chi connectivity index (χ2v) is 4.31. The first kappa shape index (κ1) is 4.80. The molecule has 0 saturated carbocycles. The largest absolute Gasteiger partial charge is 0.462 e. The third-order valence-corrected chi connectivity index (χ3v) is 2.21. The predicted octanol–water partition coefficient (Wildman–Crippen LogP) is 7.28. The fourth-order valence-electron chi connectivity index (χ4n) is 1.11. The summed E-state index contributed by atoms with van der Waals surface area (Å²) in [5, 5.41) is 9.82. The Morgan fingerprint density at radius 3 is 1.53 bits per heavy atom. The van der Waals surface area contributed by atoms with Gasteiger partial charge in [-0.15, -0.1) is 0 Å². The molecular weight excluding hydrogens is 404 g/mol. The number of carbonyl (C=O) groups excluding carboxylic acids is 2. The normalized spacial score (nSPS) is 43.0. The zero-order valence-electron chi connectivity index (χ0n) is 62.1. The molecule has 1 unspecified atom stereocenters. The van der Waals surface area contributed by atoms with E-state index in [1.165, 1.54) is 0 Å². The van der Waals surface area contributed by atoms with Crippen LogP contribution in [0, 0.1) is 0 Å². The number of carbonyl (C=O) groups is 2. The van der Waals surface area contributed by atoms with Crippen molar-refractivity contribution in [3.8, 4) is 0 Å². The summed E-state index contributed by atoms with van der Waals surface area (Å²) in [4.78, 5) is 26.3. The lowest BCUT2D eigenvalue weighted by Crippen LogP contribution is -2.28. The number of hydrogen-bond donors (Lipinski definition) is 1. The summed E-state index contributed by atoms with van der Waals surface area (Å²) in [7, 11) is 0. The van der Waals surface area contributed by atoms with Gasteiger partial charge in [0.1, 0.15) is 6.61 Å². The molecule has 0 aromatic heterocycles. The molecule has 5 heteroatoms. The second kappa shape index (κ2) is 24.5. The zero-order chi connectivity index (χ0) is 64.6. The van der Waals surface area contributed by atoms with Crippen molar-refractivity contribution in [2.24, 2.45) is 0 Å². The highest BCUT2D eigenvalue weighted by atomic mass is 16.6. The van der Waals surface area contributed by atoms with Gasteiger partial charge in [-0.3, -0.25) is 9.59 Å². The van der Waals surface area contributed by atoms with Crippen molar-refractivity contribution in [3.63, 3.8) is 0 Å². The molecule has 190 valence electrons. The fourth-order valence-corrected chi connectivity index (χ4v) is 1.11. The molecule has 0 aromatic carbocycles. The quantitative estimate of drug-likeness (QED) is 0.140. The first-order valence-corrected chi connectivity index (χ1v) is 7.97. The molecule has 0 bridgehead atoms. The van der Waals surface area contributed by atoms with Gasteiger partial charge >= 0.3 is 11.9 Å². The maximum Gasteiger partial charge on any atom is 0.306 e. The van der Waals surface area contributed by atoms with E-state index >= 15 is 0 Å². The van der Waals surface area contributed by atoms with Crippen molar-refractivity contribution in [1.29, 1.82) is 0 Å². The monoisotopic (exact) mass is 503 g/mol. The van der Waals surface area contributed by atoms with Crippen LogP contribution >= 0.6 is 0 Å². The molecule has 0 radical (unpaired) electrons. The molecule has 1 N–H and O–H groups in total. The Labute approximate surface area is 262 Å². The number of ether oxygens (including phenoxy) is 2. The Morgan fingerprint density at radius 1 is 0.688 bits per heavy atom. The van der Waals surface area contributed by atoms with E-state index in [1.54, 1.807) is 0 Å². The van der Waals surface area contributed by atoms with Gasteiger partial charge in [-0.25, -0.2) is 0 Å². The lowest BCUT2D eigenvalue weighted by atomic mass is 10.1. The standard InChI is InChI=1S/C27H52O5/c1-3-5-7-9-11-13-15-17-19-21-26(29)31-24-25(23-28)32-27(30)22-20-18-16-14-12-10-8-6-4-2/h25,28H,3-24H2,1-2H3/i1D3,2D3,3D2,4D2,5D2,6D2,7D2,8D2,9D2,10D2,11D2,12D2,13D2,14D2,15D2,16D2,17D2,18D2,19D2,20D2,21D2,22D2. The van der Waals surface area contributed by atoms with Gasteiger partial charge in [0.25, 0.3) is 0 Å². The molecule has 0 amide bonds. The first-order valence-electron chi connectivity index (χ1n) is 31.0. The molecule has 5 nitrogen and oxygen atoms in total. The van der Waals surface area contributed by atoms with Gasteiger partial charge in [-0.2, -0.15) is 0 Å². The van der Waals surface area contributed by atoms with Crippen LogP contribution in [0.25, 0.3) is 0 Å². The van der Waals surface area contributed by atoms with Crippen LogP contribution in [-0.4, -0.2) is 36.4 Å². The van der Waals surface area contributed by atoms with Crippen LogP contribution < -0.4 is 0 Å². The van der Waals surface area contributed by atoms with E-state index in [0.717, 1.165) is 0 Å². The lowest BCUT2D eigenvalue weighted by Gasteiger charge is -2.15. The molecule has 0 aliphatic carbocycles. The maximum absolute atomic E-state index is 13.2. The summed E-state index contributed by atoms with van der Waals surface area (Å²) in [5.74, 6) is -5.65. The zero-order valence-corrected chi connectivity index (χ0v) is 16.1. The predicted molar refractivity (Wildman–Crippen MR) is 132 cm³/mol. The van der Waals surface area contributed by atoms with E-state index in [-0.39, 0.29) is 0 Å². The smallest absolute Gasteiger partial charge is 0.306 e. The average Bonchev–Trinajstić information content (AvgIpc) is 3.22. The molecule has 0 rings (SSSR count). The topological polar surface area (TPSA) is 72.8 Å². The van der Waals surface area contributed by atoms with Crippen molar-refractivity contribution in [3.05, 3.63) is 0 Å². The summed E-state index contributed by atoms with van der Waals surface area (Å²) in [6.07, 6.45) is -102. The van der Waals surface area contributed by atoms with Crippen molar-refractivity contribution >= 4 is 11.9 Å². The summed E-state index contributed by atoms with van der Waals surface area (Å²) >= 11 is 0. The second-order valence-electron chi connectivity index (χ2n) is 4.31. The highest BCUT2D eigenvalue weighted by Gasteiger charge is 2.16. The third-order valence-electron chi connectivity index (χ3n) is 2.21. The van der Waals surface area contributed by atoms with Crippen LogP contribution in [0.15, 0.2) is 0 Å². The van der Waals surface area contributed by atoms with Gasteiger partial charge in [0.05, 0.1) is 6.61 Å². The average molecular weight is 503 g/mol. The van der Waals surface area contributed by atoms with Crippen molar-refractivity contribution in [2.45, 2.75) is 147 Å². The molecule has 0 aliphatic rings. The minimum absolute atomic E-state index is 1.80. The number of aliphatic hydroxyl groups is 1. The molecule has 0 aromatic rings. The van der Waals surface area contributed by atoms with E-state index in [4.69, 9.17) is 63.1 Å². The van der Waals surface area contributed by atoms with E-state index in [2.05, 4.69) is 9.47 Å². The van der Waals surface area contributed by atoms with E-state index in [0.29, 0.717) is 0 Å². The minimum Gasteiger partial charge on any atom is -0.462 e. The highest BCUT2D eigenvalue weighted by molar-refractivity contribution is 5.70. The van der Waals surface area contributed by atoms with Crippen LogP contribution in [0.4, 0.5) is 0 Å². The Morgan fingerprint density at radius 2 is 1.09 bits per heavy atom. The lowest BCUT2D eigenvalue weighted by molar-refractivity contribution is -0.161. The fraction of sp³-hybridized carbons (Fsp3) is 0.926. The van der Waals surface area contributed by atoms with E-state index in [1.807, 2.05) is 0 Å². The number of hydrogen-bond acceptors (Lipinski definition) is 5. The molecule has 0 spiro atoms. The summed E-state index contributed by atoms with van der Waals surface area (Å²) in [5.41, 5.74) is 0. The van der Waals surface area contributed by atoms with Gasteiger partial charge in [-0.1, -0.05) is 116 Å². The Balaban J connectivity index is 7.21. The Hall–Kier alpha value is -1.10. The van der Waals surface area contributed by atoms with Crippen LogP contribution in [0.1, 0.15) is 204 Å². The summed E-state index contributed by atoms with van der Waals surface area (Å²) < 4.78 is 376. The third kappa shape index (κ3) is 22.1. The number of esters is 2. The minimum atomic E-state index is -5.16. The van der Waals surface area contributed by atoms with Crippen molar-refractivity contribution < 1.29 is 87.2 Å². The summed E-state index contributed by atoms with van der Waals surface area (Å²) in [6.45, 7) is -12.1. The van der Waals surface area contributed by atoms with Gasteiger partial charge < -0.3 is 14.6 Å². The maximum atomic E-state index is 13.2. The summed E-state index contributed by atoms with van der Waals surface area (Å²) in [6, 6.07) is 0. The molecule has 0 heterocycles. The SMILES string of the molecule is [2H]C([2H])([2H])C([2H])([2H])C([2H])([2H])C([2H])([2H])C([2H])([2H])C([2H])([2H])C([2H])([2H])C([2H])([2H])C([2H])([2H])C([2H])([2H])C([2H])([2H])C(=O)OCC(CO)OC(=O)C([2H])([2H])C([2H])([2H])C([2H])([2H])C([2H])([2H])C([2H])([2H])C([2H])([2H])C([2H])([2H])C([2H])([2H])C([2H])([2H])C([2H])([2H])C([2H])([2H])[2H]. The molecule has 32 heavy (non-hydrogen) atoms. The van der Waals surface area contributed by atoms with Gasteiger partial charge in [-0.05, 0) is 12.7 Å². The van der Waals surface area contributed by atoms with Crippen LogP contribution in [0.3, 0.4) is 0 Å². The Kier molecular flexibility index (Phi) is 3.68. The van der Waals surface area contributed by atoms with E-state index in [9.17, 15) is 14.7 Å². The van der Waals surface area contributed by atoms with Crippen LogP contribution in [0.2, 0.25) is 0 Å².